The molecule has 2 aliphatic carbocycles. The van der Waals surface area contributed by atoms with Gasteiger partial charge in [-0.3, -0.25) is 4.79 Å². The highest BCUT2D eigenvalue weighted by molar-refractivity contribution is 5.88. The third kappa shape index (κ3) is 6.58. The van der Waals surface area contributed by atoms with Crippen LogP contribution in [0.15, 0.2) is 73.2 Å². The van der Waals surface area contributed by atoms with E-state index < -0.39 is 5.41 Å². The summed E-state index contributed by atoms with van der Waals surface area (Å²) in [5.74, 6) is 2.00. The van der Waals surface area contributed by atoms with Gasteiger partial charge in [-0.1, -0.05) is 101 Å². The summed E-state index contributed by atoms with van der Waals surface area (Å²) in [6.45, 7) is 13.0. The van der Waals surface area contributed by atoms with E-state index in [0.29, 0.717) is 36.7 Å². The number of carbonyl (C=O) groups is 1. The first-order chi connectivity index (χ1) is 17.8. The molecule has 2 aliphatic rings. The quantitative estimate of drug-likeness (QED) is 0.220. The van der Waals surface area contributed by atoms with Crippen LogP contribution in [0.5, 0.6) is 0 Å². The second-order valence-electron chi connectivity index (χ2n) is 11.9. The molecule has 3 atom stereocenters. The maximum atomic E-state index is 14.5. The second-order valence-corrected chi connectivity index (χ2v) is 11.9. The number of benzene rings is 2. The summed E-state index contributed by atoms with van der Waals surface area (Å²) in [5.41, 5.74) is 0.840. The second kappa shape index (κ2) is 12.2. The molecule has 2 saturated carbocycles. The van der Waals surface area contributed by atoms with Gasteiger partial charge in [-0.25, -0.2) is 0 Å². The van der Waals surface area contributed by atoms with Gasteiger partial charge in [0, 0.05) is 6.42 Å². The molecule has 0 heterocycles. The van der Waals surface area contributed by atoms with Crippen LogP contribution in [0.1, 0.15) is 77.3 Å². The van der Waals surface area contributed by atoms with Crippen molar-refractivity contribution in [3.05, 3.63) is 84.3 Å². The van der Waals surface area contributed by atoms with E-state index in [1.165, 1.54) is 19.3 Å². The summed E-state index contributed by atoms with van der Waals surface area (Å²) in [4.78, 5) is 14.5. The molecule has 3 unspecified atom stereocenters. The predicted molar refractivity (Wildman–Crippen MR) is 148 cm³/mol. The number of hydrogen-bond donors (Lipinski definition) is 0. The molecule has 0 radical (unpaired) electrons. The fourth-order valence-corrected chi connectivity index (χ4v) is 6.14. The first-order valence-corrected chi connectivity index (χ1v) is 14.1. The lowest BCUT2D eigenvalue weighted by atomic mass is 9.69. The van der Waals surface area contributed by atoms with Crippen LogP contribution in [0.2, 0.25) is 0 Å². The monoisotopic (exact) mass is 504 g/mol. The molecule has 2 fully saturated rings. The number of rotatable bonds is 12. The van der Waals surface area contributed by atoms with Gasteiger partial charge in [0.2, 0.25) is 0 Å². The maximum Gasteiger partial charge on any atom is 0.321 e. The van der Waals surface area contributed by atoms with Gasteiger partial charge in [-0.2, -0.15) is 0 Å². The van der Waals surface area contributed by atoms with E-state index in [9.17, 15) is 4.79 Å². The fourth-order valence-electron chi connectivity index (χ4n) is 6.14. The van der Waals surface area contributed by atoms with Gasteiger partial charge in [0.25, 0.3) is 5.95 Å². The van der Waals surface area contributed by atoms with Crippen molar-refractivity contribution in [3.63, 3.8) is 0 Å². The lowest BCUT2D eigenvalue weighted by Crippen LogP contribution is -2.45. The van der Waals surface area contributed by atoms with Crippen molar-refractivity contribution in [2.24, 2.45) is 23.7 Å². The summed E-state index contributed by atoms with van der Waals surface area (Å²) in [5, 5.41) is 0. The van der Waals surface area contributed by atoms with Gasteiger partial charge in [0.1, 0.15) is 17.6 Å². The zero-order chi connectivity index (χ0) is 26.4. The lowest BCUT2D eigenvalue weighted by molar-refractivity contribution is -0.159. The molecule has 0 N–H and O–H groups in total. The van der Waals surface area contributed by atoms with E-state index in [4.69, 9.17) is 14.2 Å². The van der Waals surface area contributed by atoms with Crippen LogP contribution in [-0.4, -0.2) is 24.8 Å². The van der Waals surface area contributed by atoms with Gasteiger partial charge in [0.15, 0.2) is 0 Å². The maximum absolute atomic E-state index is 14.5. The summed E-state index contributed by atoms with van der Waals surface area (Å²) in [7, 11) is 0. The molecule has 0 spiro atoms. The predicted octanol–water partition coefficient (Wildman–Crippen LogP) is 7.67. The lowest BCUT2D eigenvalue weighted by Gasteiger charge is -2.39. The highest BCUT2D eigenvalue weighted by Crippen LogP contribution is 2.45. The number of esters is 1. The number of carbonyl (C=O) groups excluding carboxylic acids is 1. The molecule has 0 saturated heterocycles. The highest BCUT2D eigenvalue weighted by atomic mass is 16.7. The Labute approximate surface area is 223 Å². The molecule has 200 valence electrons. The van der Waals surface area contributed by atoms with Crippen molar-refractivity contribution >= 4 is 5.97 Å². The average molecular weight is 505 g/mol. The molecular weight excluding hydrogens is 460 g/mol. The van der Waals surface area contributed by atoms with Crippen molar-refractivity contribution in [2.45, 2.75) is 83.8 Å². The van der Waals surface area contributed by atoms with Crippen molar-refractivity contribution in [3.8, 4) is 0 Å². The van der Waals surface area contributed by atoms with E-state index in [1.54, 1.807) is 0 Å². The van der Waals surface area contributed by atoms with Gasteiger partial charge >= 0.3 is 5.97 Å². The third-order valence-electron chi connectivity index (χ3n) is 8.11. The minimum Gasteiger partial charge on any atom is -0.466 e. The Bertz CT molecular complexity index is 962. The zero-order valence-corrected chi connectivity index (χ0v) is 23.0. The van der Waals surface area contributed by atoms with Crippen LogP contribution in [-0.2, 0) is 24.4 Å². The Morgan fingerprint density at radius 3 is 1.92 bits per heavy atom. The largest absolute Gasteiger partial charge is 0.466 e. The Morgan fingerprint density at radius 1 is 0.892 bits per heavy atom. The Hall–Kier alpha value is -2.75. The molecule has 0 aromatic heterocycles. The highest BCUT2D eigenvalue weighted by Gasteiger charge is 2.48. The van der Waals surface area contributed by atoms with E-state index in [2.05, 4.69) is 34.3 Å². The van der Waals surface area contributed by atoms with Crippen LogP contribution in [0.25, 0.3) is 0 Å². The zero-order valence-electron chi connectivity index (χ0n) is 23.0. The standard InChI is InChI=1S/C33H44O4/c1-23(2)22-35-25(5)36-31(24(3)4)21-33(28-12-8-6-9-13-28,29-14-10-7-11-15-29)32(34)37-30-19-26-16-17-27(18-26)20-30/h6-15,23-24,26-27,30-31H,5,16-22H2,1-4H3. The minimum atomic E-state index is -1.01. The number of ether oxygens (including phenoxy) is 3. The first kappa shape index (κ1) is 27.3. The van der Waals surface area contributed by atoms with Gasteiger partial charge in [0.05, 0.1) is 6.61 Å². The molecule has 4 heteroatoms. The smallest absolute Gasteiger partial charge is 0.321 e. The normalized spacial score (nSPS) is 22.1. The van der Waals surface area contributed by atoms with Crippen molar-refractivity contribution in [2.75, 3.05) is 6.61 Å². The Kier molecular flexibility index (Phi) is 9.00. The van der Waals surface area contributed by atoms with Crippen molar-refractivity contribution in [1.29, 1.82) is 0 Å². The van der Waals surface area contributed by atoms with Gasteiger partial charge in [-0.15, -0.1) is 0 Å². The van der Waals surface area contributed by atoms with Crippen LogP contribution < -0.4 is 0 Å². The molecule has 0 amide bonds. The summed E-state index contributed by atoms with van der Waals surface area (Å²) in [6, 6.07) is 20.1. The average Bonchev–Trinajstić information content (AvgIpc) is 3.23. The molecular formula is C33H44O4. The summed E-state index contributed by atoms with van der Waals surface area (Å²) in [6.07, 6.45) is 5.90. The summed E-state index contributed by atoms with van der Waals surface area (Å²) < 4.78 is 18.6. The van der Waals surface area contributed by atoms with E-state index in [0.717, 1.165) is 24.0 Å². The molecule has 37 heavy (non-hydrogen) atoms. The van der Waals surface area contributed by atoms with Crippen LogP contribution in [0, 0.1) is 23.7 Å². The topological polar surface area (TPSA) is 44.8 Å². The first-order valence-electron chi connectivity index (χ1n) is 14.1. The fraction of sp³-hybridized carbons (Fsp3) is 0.545. The molecule has 0 aliphatic heterocycles. The summed E-state index contributed by atoms with van der Waals surface area (Å²) >= 11 is 0. The van der Waals surface area contributed by atoms with Gasteiger partial charge < -0.3 is 14.2 Å². The minimum absolute atomic E-state index is 0.0201. The SMILES string of the molecule is C=C(OCC(C)C)OC(CC(C(=O)OC1CC2CCC(C2)C1)(c1ccccc1)c1ccccc1)C(C)C. The van der Waals surface area contributed by atoms with E-state index in [1.807, 2.05) is 60.7 Å². The Morgan fingerprint density at radius 2 is 1.43 bits per heavy atom. The third-order valence-corrected chi connectivity index (χ3v) is 8.11. The van der Waals surface area contributed by atoms with Crippen molar-refractivity contribution < 1.29 is 19.0 Å². The van der Waals surface area contributed by atoms with Crippen molar-refractivity contribution in [1.82, 2.24) is 0 Å². The van der Waals surface area contributed by atoms with E-state index in [-0.39, 0.29) is 24.1 Å². The van der Waals surface area contributed by atoms with Crippen LogP contribution in [0.3, 0.4) is 0 Å². The van der Waals surface area contributed by atoms with Crippen LogP contribution in [0.4, 0.5) is 0 Å². The molecule has 2 aromatic carbocycles. The molecule has 2 bridgehead atoms. The van der Waals surface area contributed by atoms with Gasteiger partial charge in [-0.05, 0) is 60.6 Å². The molecule has 4 rings (SSSR count). The molecule has 4 nitrogen and oxygen atoms in total. The molecule has 2 aromatic rings. The van der Waals surface area contributed by atoms with Crippen LogP contribution >= 0.6 is 0 Å². The number of hydrogen-bond acceptors (Lipinski definition) is 4. The Balaban J connectivity index is 1.70. The van der Waals surface area contributed by atoms with E-state index >= 15 is 0 Å². The number of fused-ring (bicyclic) bond motifs is 2.